The second kappa shape index (κ2) is 11.2. The van der Waals surface area contributed by atoms with Crippen LogP contribution in [0.5, 0.6) is 11.5 Å². The third kappa shape index (κ3) is 6.06. The number of amides is 1. The monoisotopic (exact) mass is 506 g/mol. The van der Waals surface area contributed by atoms with Crippen molar-refractivity contribution in [2.24, 2.45) is 0 Å². The van der Waals surface area contributed by atoms with Crippen molar-refractivity contribution >= 4 is 46.0 Å². The maximum absolute atomic E-state index is 13.0. The average Bonchev–Trinajstić information content (AvgIpc) is 3.12. The highest BCUT2D eigenvalue weighted by molar-refractivity contribution is 8.26. The van der Waals surface area contributed by atoms with Crippen molar-refractivity contribution in [2.45, 2.75) is 20.1 Å². The maximum Gasteiger partial charge on any atom is 0.269 e. The molecule has 0 saturated carbocycles. The van der Waals surface area contributed by atoms with Crippen LogP contribution < -0.4 is 9.47 Å². The van der Waals surface area contributed by atoms with Crippen molar-refractivity contribution < 1.29 is 19.2 Å². The Labute approximate surface area is 212 Å². The Bertz CT molecular complexity index is 1280. The Hall–Kier alpha value is -3.69. The SMILES string of the molecule is CCOc1cc(C=C2SC(=S)N(Cc3ccccc3)C2=O)ccc1OCc1ccc([N+](=O)[O-])cc1. The van der Waals surface area contributed by atoms with Crippen molar-refractivity contribution in [3.05, 3.63) is 105 Å². The molecule has 0 aliphatic carbocycles. The summed E-state index contributed by atoms with van der Waals surface area (Å²) in [5, 5.41) is 10.8. The second-order valence-electron chi connectivity index (χ2n) is 7.60. The number of nitro benzene ring substituents is 1. The van der Waals surface area contributed by atoms with Crippen LogP contribution in [0.25, 0.3) is 6.08 Å². The van der Waals surface area contributed by atoms with Gasteiger partial charge in [-0.25, -0.2) is 0 Å². The van der Waals surface area contributed by atoms with Gasteiger partial charge in [0.1, 0.15) is 10.9 Å². The Morgan fingerprint density at radius 1 is 1.00 bits per heavy atom. The number of carbonyl (C=O) groups excluding carboxylic acids is 1. The Morgan fingerprint density at radius 3 is 2.43 bits per heavy atom. The lowest BCUT2D eigenvalue weighted by molar-refractivity contribution is -0.384. The first-order valence-electron chi connectivity index (χ1n) is 10.9. The normalized spacial score (nSPS) is 14.4. The van der Waals surface area contributed by atoms with Crippen molar-refractivity contribution in [2.75, 3.05) is 6.61 Å². The molecule has 1 fully saturated rings. The average molecular weight is 507 g/mol. The number of benzene rings is 3. The van der Waals surface area contributed by atoms with Gasteiger partial charge in [-0.2, -0.15) is 0 Å². The van der Waals surface area contributed by atoms with E-state index in [0.717, 1.165) is 16.7 Å². The summed E-state index contributed by atoms with van der Waals surface area (Å²) >= 11 is 6.73. The smallest absolute Gasteiger partial charge is 0.269 e. The van der Waals surface area contributed by atoms with Crippen molar-refractivity contribution in [1.29, 1.82) is 0 Å². The summed E-state index contributed by atoms with van der Waals surface area (Å²) in [6, 6.07) is 21.4. The second-order valence-corrected chi connectivity index (χ2v) is 9.28. The first-order valence-corrected chi connectivity index (χ1v) is 12.1. The summed E-state index contributed by atoms with van der Waals surface area (Å²) in [4.78, 5) is 25.5. The van der Waals surface area contributed by atoms with E-state index < -0.39 is 4.92 Å². The highest BCUT2D eigenvalue weighted by atomic mass is 32.2. The van der Waals surface area contributed by atoms with Crippen LogP contribution in [0, 0.1) is 10.1 Å². The van der Waals surface area contributed by atoms with Crippen LogP contribution in [-0.2, 0) is 17.9 Å². The summed E-state index contributed by atoms with van der Waals surface area (Å²) in [7, 11) is 0. The molecule has 7 nitrogen and oxygen atoms in total. The van der Waals surface area contributed by atoms with Crippen LogP contribution in [0.15, 0.2) is 77.7 Å². The molecule has 1 aliphatic rings. The van der Waals surface area contributed by atoms with E-state index in [4.69, 9.17) is 21.7 Å². The van der Waals surface area contributed by atoms with E-state index in [2.05, 4.69) is 0 Å². The lowest BCUT2D eigenvalue weighted by Crippen LogP contribution is -2.27. The van der Waals surface area contributed by atoms with Gasteiger partial charge in [-0.15, -0.1) is 0 Å². The highest BCUT2D eigenvalue weighted by Crippen LogP contribution is 2.36. The van der Waals surface area contributed by atoms with Crippen LogP contribution in [-0.4, -0.2) is 26.7 Å². The molecule has 35 heavy (non-hydrogen) atoms. The Kier molecular flexibility index (Phi) is 7.79. The number of hydrogen-bond acceptors (Lipinski definition) is 7. The largest absolute Gasteiger partial charge is 0.490 e. The van der Waals surface area contributed by atoms with Crippen LogP contribution in [0.2, 0.25) is 0 Å². The number of non-ortho nitro benzene ring substituents is 1. The Morgan fingerprint density at radius 2 is 1.74 bits per heavy atom. The van der Waals surface area contributed by atoms with Gasteiger partial charge in [0, 0.05) is 12.1 Å². The molecule has 0 unspecified atom stereocenters. The highest BCUT2D eigenvalue weighted by Gasteiger charge is 2.32. The maximum atomic E-state index is 13.0. The molecule has 3 aromatic carbocycles. The quantitative estimate of drug-likeness (QED) is 0.153. The molecule has 1 heterocycles. The molecule has 1 saturated heterocycles. The van der Waals surface area contributed by atoms with Gasteiger partial charge in [-0.3, -0.25) is 19.8 Å². The van der Waals surface area contributed by atoms with E-state index in [-0.39, 0.29) is 18.2 Å². The molecule has 1 amide bonds. The van der Waals surface area contributed by atoms with E-state index in [0.29, 0.717) is 33.9 Å². The van der Waals surface area contributed by atoms with Gasteiger partial charge in [0.2, 0.25) is 0 Å². The summed E-state index contributed by atoms with van der Waals surface area (Å²) in [5.74, 6) is 0.960. The summed E-state index contributed by atoms with van der Waals surface area (Å²) in [6.07, 6.45) is 1.80. The molecule has 3 aromatic rings. The molecule has 0 radical (unpaired) electrons. The molecular weight excluding hydrogens is 484 g/mol. The minimum absolute atomic E-state index is 0.0299. The van der Waals surface area contributed by atoms with Crippen molar-refractivity contribution in [3.8, 4) is 11.5 Å². The molecule has 0 N–H and O–H groups in total. The van der Waals surface area contributed by atoms with E-state index >= 15 is 0 Å². The molecule has 0 spiro atoms. The number of carbonyl (C=O) groups is 1. The first-order chi connectivity index (χ1) is 16.9. The molecule has 4 rings (SSSR count). The van der Waals surface area contributed by atoms with Gasteiger partial charge in [0.25, 0.3) is 11.6 Å². The fraction of sp³-hybridized carbons (Fsp3) is 0.154. The predicted molar refractivity (Wildman–Crippen MR) is 140 cm³/mol. The standard InChI is InChI=1S/C26H22N2O5S2/c1-2-32-23-14-20(10-13-22(23)33-17-19-8-11-21(12-9-19)28(30)31)15-24-25(29)27(26(34)35-24)16-18-6-4-3-5-7-18/h3-15H,2,16-17H2,1H3. The summed E-state index contributed by atoms with van der Waals surface area (Å²) in [6.45, 7) is 2.98. The number of thioether (sulfide) groups is 1. The van der Waals surface area contributed by atoms with Gasteiger partial charge in [-0.1, -0.05) is 60.4 Å². The number of ether oxygens (including phenoxy) is 2. The van der Waals surface area contributed by atoms with Gasteiger partial charge >= 0.3 is 0 Å². The number of rotatable bonds is 9. The summed E-state index contributed by atoms with van der Waals surface area (Å²) in [5.41, 5.74) is 2.63. The number of thiocarbonyl (C=S) groups is 1. The lowest BCUT2D eigenvalue weighted by Gasteiger charge is -2.14. The van der Waals surface area contributed by atoms with E-state index in [1.54, 1.807) is 29.2 Å². The van der Waals surface area contributed by atoms with Gasteiger partial charge < -0.3 is 9.47 Å². The molecular formula is C26H22N2O5S2. The third-order valence-corrected chi connectivity index (χ3v) is 6.54. The number of nitrogens with zero attached hydrogens (tertiary/aromatic N) is 2. The zero-order valence-electron chi connectivity index (χ0n) is 18.9. The van der Waals surface area contributed by atoms with E-state index in [1.807, 2.05) is 49.4 Å². The van der Waals surface area contributed by atoms with Crippen molar-refractivity contribution in [3.63, 3.8) is 0 Å². The number of hydrogen-bond donors (Lipinski definition) is 0. The molecule has 0 aromatic heterocycles. The van der Waals surface area contributed by atoms with E-state index in [1.165, 1.54) is 23.9 Å². The molecule has 0 bridgehead atoms. The predicted octanol–water partition coefficient (Wildman–Crippen LogP) is 5.97. The van der Waals surface area contributed by atoms with Crippen LogP contribution in [0.4, 0.5) is 5.69 Å². The van der Waals surface area contributed by atoms with Crippen LogP contribution in [0.1, 0.15) is 23.6 Å². The van der Waals surface area contributed by atoms with Gasteiger partial charge in [0.05, 0.1) is 23.0 Å². The minimum atomic E-state index is -0.438. The summed E-state index contributed by atoms with van der Waals surface area (Å²) < 4.78 is 12.2. The van der Waals surface area contributed by atoms with Gasteiger partial charge in [-0.05, 0) is 54.0 Å². The third-order valence-electron chi connectivity index (χ3n) is 5.16. The minimum Gasteiger partial charge on any atom is -0.490 e. The van der Waals surface area contributed by atoms with E-state index in [9.17, 15) is 14.9 Å². The Balaban J connectivity index is 1.48. The van der Waals surface area contributed by atoms with Crippen LogP contribution in [0.3, 0.4) is 0 Å². The first kappa shape index (κ1) is 24.4. The zero-order valence-corrected chi connectivity index (χ0v) is 20.5. The topological polar surface area (TPSA) is 81.9 Å². The molecule has 0 atom stereocenters. The fourth-order valence-corrected chi connectivity index (χ4v) is 4.69. The van der Waals surface area contributed by atoms with Crippen LogP contribution >= 0.6 is 24.0 Å². The fourth-order valence-electron chi connectivity index (χ4n) is 3.43. The van der Waals surface area contributed by atoms with Gasteiger partial charge in [0.15, 0.2) is 11.5 Å². The van der Waals surface area contributed by atoms with Crippen molar-refractivity contribution in [1.82, 2.24) is 4.90 Å². The zero-order chi connectivity index (χ0) is 24.8. The molecule has 9 heteroatoms. The number of nitro groups is 1. The molecule has 1 aliphatic heterocycles. The lowest BCUT2D eigenvalue weighted by atomic mass is 10.1. The molecule has 178 valence electrons.